The minimum Gasteiger partial charge on any atom is -0.260 e. The van der Waals surface area contributed by atoms with E-state index >= 15 is 0 Å². The molecular weight excluding hydrogens is 178 g/mol. The van der Waals surface area contributed by atoms with Crippen molar-refractivity contribution in [2.24, 2.45) is 0 Å². The van der Waals surface area contributed by atoms with Crippen LogP contribution in [-0.4, -0.2) is 4.98 Å². The molecule has 1 aliphatic heterocycles. The third-order valence-corrected chi connectivity index (χ3v) is 3.70. The van der Waals surface area contributed by atoms with Crippen molar-refractivity contribution >= 4 is 11.8 Å². The van der Waals surface area contributed by atoms with Crippen LogP contribution >= 0.6 is 11.8 Å². The Hall–Kier alpha value is -0.760. The van der Waals surface area contributed by atoms with Gasteiger partial charge in [0.15, 0.2) is 0 Å². The number of rotatable bonds is 2. The predicted molar refractivity (Wildman–Crippen MR) is 57.6 cm³/mol. The van der Waals surface area contributed by atoms with Crippen molar-refractivity contribution in [3.05, 3.63) is 41.1 Å². The van der Waals surface area contributed by atoms with Gasteiger partial charge in [-0.05, 0) is 29.9 Å². The lowest BCUT2D eigenvalue weighted by atomic mass is 10.2. The molecule has 0 aliphatic carbocycles. The molecule has 1 atom stereocenters. The van der Waals surface area contributed by atoms with Crippen LogP contribution in [0.1, 0.15) is 30.7 Å². The van der Waals surface area contributed by atoms with E-state index in [1.54, 1.807) is 0 Å². The van der Waals surface area contributed by atoms with Gasteiger partial charge in [-0.25, -0.2) is 0 Å². The summed E-state index contributed by atoms with van der Waals surface area (Å²) in [5, 5.41) is 0.566. The summed E-state index contributed by atoms with van der Waals surface area (Å²) < 4.78 is 0. The van der Waals surface area contributed by atoms with E-state index in [0.29, 0.717) is 5.25 Å². The Morgan fingerprint density at radius 2 is 2.46 bits per heavy atom. The summed E-state index contributed by atoms with van der Waals surface area (Å²) in [5.41, 5.74) is 1.22. The highest BCUT2D eigenvalue weighted by Gasteiger charge is 2.18. The summed E-state index contributed by atoms with van der Waals surface area (Å²) in [4.78, 5) is 5.89. The minimum absolute atomic E-state index is 0.566. The molecule has 0 radical (unpaired) electrons. The molecule has 1 aromatic rings. The van der Waals surface area contributed by atoms with Crippen molar-refractivity contribution in [2.75, 3.05) is 0 Å². The number of nitrogens with zero attached hydrogens (tertiary/aromatic N) is 1. The van der Waals surface area contributed by atoms with Crippen LogP contribution in [0.25, 0.3) is 0 Å². The monoisotopic (exact) mass is 191 g/mol. The molecule has 2 heterocycles. The van der Waals surface area contributed by atoms with Gasteiger partial charge in [-0.3, -0.25) is 4.98 Å². The Labute approximate surface area is 83.3 Å². The highest BCUT2D eigenvalue weighted by molar-refractivity contribution is 8.03. The van der Waals surface area contributed by atoms with Gasteiger partial charge in [0.25, 0.3) is 0 Å². The van der Waals surface area contributed by atoms with Crippen LogP contribution in [0.2, 0.25) is 0 Å². The van der Waals surface area contributed by atoms with Gasteiger partial charge in [0, 0.05) is 6.20 Å². The molecule has 0 saturated heterocycles. The Kier molecular flexibility index (Phi) is 2.69. The lowest BCUT2D eigenvalue weighted by Crippen LogP contribution is -1.91. The number of hydrogen-bond donors (Lipinski definition) is 0. The standard InChI is InChI=1S/C11H13NS/c1-2-9-6-7-11(13-9)10-5-3-4-8-12-10/h3-6,8,11H,2,7H2,1H3. The molecule has 0 amide bonds. The highest BCUT2D eigenvalue weighted by atomic mass is 32.2. The third-order valence-electron chi connectivity index (χ3n) is 2.22. The second-order valence-corrected chi connectivity index (χ2v) is 4.45. The molecule has 2 heteroatoms. The van der Waals surface area contributed by atoms with Crippen molar-refractivity contribution in [1.29, 1.82) is 0 Å². The molecule has 0 bridgehead atoms. The maximum Gasteiger partial charge on any atom is 0.0548 e. The summed E-state index contributed by atoms with van der Waals surface area (Å²) in [6.45, 7) is 2.21. The summed E-state index contributed by atoms with van der Waals surface area (Å²) in [5.74, 6) is 0. The zero-order valence-corrected chi connectivity index (χ0v) is 8.55. The first-order chi connectivity index (χ1) is 6.40. The average Bonchev–Trinajstić information content (AvgIpc) is 2.67. The van der Waals surface area contributed by atoms with E-state index < -0.39 is 0 Å². The van der Waals surface area contributed by atoms with Crippen molar-refractivity contribution < 1.29 is 0 Å². The Morgan fingerprint density at radius 3 is 3.08 bits per heavy atom. The van der Waals surface area contributed by atoms with E-state index in [-0.39, 0.29) is 0 Å². The van der Waals surface area contributed by atoms with Crippen LogP contribution in [0.15, 0.2) is 35.4 Å². The summed E-state index contributed by atoms with van der Waals surface area (Å²) in [7, 11) is 0. The number of allylic oxidation sites excluding steroid dienone is 2. The van der Waals surface area contributed by atoms with E-state index in [9.17, 15) is 0 Å². The fourth-order valence-corrected chi connectivity index (χ4v) is 2.67. The number of thioether (sulfide) groups is 1. The molecule has 0 fully saturated rings. The lowest BCUT2D eigenvalue weighted by Gasteiger charge is -2.07. The van der Waals surface area contributed by atoms with Crippen molar-refractivity contribution in [1.82, 2.24) is 4.98 Å². The van der Waals surface area contributed by atoms with Gasteiger partial charge < -0.3 is 0 Å². The van der Waals surface area contributed by atoms with Crippen molar-refractivity contribution in [3.8, 4) is 0 Å². The molecule has 1 unspecified atom stereocenters. The van der Waals surface area contributed by atoms with Crippen molar-refractivity contribution in [2.45, 2.75) is 25.0 Å². The Morgan fingerprint density at radius 1 is 1.54 bits per heavy atom. The fraction of sp³-hybridized carbons (Fsp3) is 0.364. The molecule has 0 aromatic carbocycles. The molecule has 13 heavy (non-hydrogen) atoms. The summed E-state index contributed by atoms with van der Waals surface area (Å²) in [6, 6.07) is 6.15. The molecule has 2 rings (SSSR count). The van der Waals surface area contributed by atoms with Crippen LogP contribution < -0.4 is 0 Å². The summed E-state index contributed by atoms with van der Waals surface area (Å²) in [6.07, 6.45) is 6.52. The van der Waals surface area contributed by atoms with Crippen molar-refractivity contribution in [3.63, 3.8) is 0 Å². The molecule has 68 valence electrons. The first-order valence-electron chi connectivity index (χ1n) is 4.66. The van der Waals surface area contributed by atoms with Gasteiger partial charge in [-0.15, -0.1) is 11.8 Å². The second kappa shape index (κ2) is 3.97. The van der Waals surface area contributed by atoms with Crippen LogP contribution in [0.4, 0.5) is 0 Å². The first-order valence-corrected chi connectivity index (χ1v) is 5.54. The van der Waals surface area contributed by atoms with Crippen LogP contribution in [0.5, 0.6) is 0 Å². The maximum atomic E-state index is 4.38. The van der Waals surface area contributed by atoms with Gasteiger partial charge in [0.1, 0.15) is 0 Å². The van der Waals surface area contributed by atoms with E-state index in [2.05, 4.69) is 30.1 Å². The fourth-order valence-electron chi connectivity index (χ4n) is 1.49. The zero-order valence-electron chi connectivity index (χ0n) is 7.73. The molecule has 1 aromatic heterocycles. The van der Waals surface area contributed by atoms with Gasteiger partial charge >= 0.3 is 0 Å². The quantitative estimate of drug-likeness (QED) is 0.709. The van der Waals surface area contributed by atoms with Crippen LogP contribution in [0.3, 0.4) is 0 Å². The topological polar surface area (TPSA) is 12.9 Å². The normalized spacial score (nSPS) is 21.6. The SMILES string of the molecule is CCC1=CCC(c2ccccn2)S1. The maximum absolute atomic E-state index is 4.38. The van der Waals surface area contributed by atoms with E-state index in [4.69, 9.17) is 0 Å². The van der Waals surface area contributed by atoms with E-state index in [1.165, 1.54) is 10.6 Å². The summed E-state index contributed by atoms with van der Waals surface area (Å²) >= 11 is 1.96. The van der Waals surface area contributed by atoms with E-state index in [0.717, 1.165) is 12.8 Å². The number of hydrogen-bond acceptors (Lipinski definition) is 2. The van der Waals surface area contributed by atoms with Gasteiger partial charge in [-0.2, -0.15) is 0 Å². The van der Waals surface area contributed by atoms with Gasteiger partial charge in [-0.1, -0.05) is 19.1 Å². The van der Waals surface area contributed by atoms with Crippen LogP contribution in [0, 0.1) is 0 Å². The Bertz CT molecular complexity index is 305. The lowest BCUT2D eigenvalue weighted by molar-refractivity contribution is 0.932. The molecule has 0 saturated carbocycles. The predicted octanol–water partition coefficient (Wildman–Crippen LogP) is 3.55. The second-order valence-electron chi connectivity index (χ2n) is 3.12. The molecule has 1 nitrogen and oxygen atoms in total. The van der Waals surface area contributed by atoms with Gasteiger partial charge in [0.05, 0.1) is 10.9 Å². The largest absolute Gasteiger partial charge is 0.260 e. The smallest absolute Gasteiger partial charge is 0.0548 e. The minimum atomic E-state index is 0.566. The molecule has 0 spiro atoms. The number of pyridine rings is 1. The molecule has 1 aliphatic rings. The molecule has 0 N–H and O–H groups in total. The highest BCUT2D eigenvalue weighted by Crippen LogP contribution is 2.43. The molecular formula is C11H13NS. The zero-order chi connectivity index (χ0) is 9.10. The third kappa shape index (κ3) is 1.94. The van der Waals surface area contributed by atoms with E-state index in [1.807, 2.05) is 24.0 Å². The Balaban J connectivity index is 2.07. The van der Waals surface area contributed by atoms with Gasteiger partial charge in [0.2, 0.25) is 0 Å². The van der Waals surface area contributed by atoms with Crippen LogP contribution in [-0.2, 0) is 0 Å². The average molecular weight is 191 g/mol. The first kappa shape index (κ1) is 8.82. The number of aromatic nitrogens is 1.